The lowest BCUT2D eigenvalue weighted by atomic mass is 10.2. The van der Waals surface area contributed by atoms with Gasteiger partial charge >= 0.3 is 11.7 Å². The Bertz CT molecular complexity index is 701. The topological polar surface area (TPSA) is 97.9 Å². The summed E-state index contributed by atoms with van der Waals surface area (Å²) in [6, 6.07) is 3.44. The van der Waals surface area contributed by atoms with E-state index in [1.54, 1.807) is 0 Å². The first-order chi connectivity index (χ1) is 7.52. The van der Waals surface area contributed by atoms with Crippen LogP contribution in [0.2, 0.25) is 5.02 Å². The van der Waals surface area contributed by atoms with Crippen molar-refractivity contribution in [1.82, 2.24) is 9.55 Å². The van der Waals surface area contributed by atoms with Crippen molar-refractivity contribution in [1.29, 1.82) is 0 Å². The van der Waals surface area contributed by atoms with Gasteiger partial charge in [0.25, 0.3) is 5.56 Å². The van der Waals surface area contributed by atoms with Gasteiger partial charge < -0.3 is 5.73 Å². The molecule has 0 aliphatic rings. The Morgan fingerprint density at radius 3 is 2.69 bits per heavy atom. The van der Waals surface area contributed by atoms with E-state index in [9.17, 15) is 14.4 Å². The van der Waals surface area contributed by atoms with E-state index in [-0.39, 0.29) is 15.9 Å². The molecule has 1 amide bonds. The molecule has 0 aliphatic heterocycles. The van der Waals surface area contributed by atoms with Gasteiger partial charge in [-0.05, 0) is 12.1 Å². The fourth-order valence-corrected chi connectivity index (χ4v) is 1.72. The fourth-order valence-electron chi connectivity index (χ4n) is 1.46. The van der Waals surface area contributed by atoms with Crippen molar-refractivity contribution in [2.24, 2.45) is 5.73 Å². The Balaban J connectivity index is 3.17. The predicted molar refractivity (Wildman–Crippen MR) is 58.8 cm³/mol. The van der Waals surface area contributed by atoms with E-state index in [0.717, 1.165) is 0 Å². The number of amides is 1. The Morgan fingerprint density at radius 2 is 2.06 bits per heavy atom. The number of rotatable bonds is 0. The number of carbonyl (C=O) groups excluding carboxylic acids is 1. The van der Waals surface area contributed by atoms with Gasteiger partial charge in [-0.25, -0.2) is 14.2 Å². The Morgan fingerprint density at radius 1 is 1.38 bits per heavy atom. The van der Waals surface area contributed by atoms with Gasteiger partial charge in [0.1, 0.15) is 0 Å². The first kappa shape index (κ1) is 10.4. The zero-order chi connectivity index (χ0) is 11.9. The highest BCUT2D eigenvalue weighted by Crippen LogP contribution is 2.18. The molecular formula is C9H6ClN3O3. The number of aromatic nitrogens is 2. The van der Waals surface area contributed by atoms with E-state index >= 15 is 0 Å². The number of primary amides is 1. The number of hydrogen-bond donors (Lipinski definition) is 2. The first-order valence-electron chi connectivity index (χ1n) is 4.25. The number of nitrogens with two attached hydrogens (primary N) is 1. The summed E-state index contributed by atoms with van der Waals surface area (Å²) in [5.74, 6) is 0. The molecule has 2 aromatic rings. The lowest BCUT2D eigenvalue weighted by Gasteiger charge is -2.05. The van der Waals surface area contributed by atoms with E-state index in [4.69, 9.17) is 17.3 Å². The zero-order valence-corrected chi connectivity index (χ0v) is 8.62. The summed E-state index contributed by atoms with van der Waals surface area (Å²) in [5, 5.41) is 0.241. The van der Waals surface area contributed by atoms with Crippen molar-refractivity contribution in [2.45, 2.75) is 0 Å². The van der Waals surface area contributed by atoms with Crippen LogP contribution in [-0.4, -0.2) is 15.6 Å². The van der Waals surface area contributed by atoms with Gasteiger partial charge in [0.05, 0.1) is 15.9 Å². The van der Waals surface area contributed by atoms with Crippen molar-refractivity contribution < 1.29 is 4.79 Å². The van der Waals surface area contributed by atoms with Gasteiger partial charge in [-0.15, -0.1) is 0 Å². The molecule has 1 heterocycles. The number of halogens is 1. The molecular weight excluding hydrogens is 234 g/mol. The maximum absolute atomic E-state index is 11.4. The van der Waals surface area contributed by atoms with E-state index < -0.39 is 17.3 Å². The maximum atomic E-state index is 11.4. The third-order valence-electron chi connectivity index (χ3n) is 2.10. The average molecular weight is 240 g/mol. The van der Waals surface area contributed by atoms with E-state index in [1.165, 1.54) is 18.2 Å². The minimum atomic E-state index is -1.00. The molecule has 0 bridgehead atoms. The Hall–Kier alpha value is -2.08. The van der Waals surface area contributed by atoms with Gasteiger partial charge in [0.15, 0.2) is 0 Å². The van der Waals surface area contributed by atoms with Gasteiger partial charge in [-0.2, -0.15) is 0 Å². The molecule has 0 spiro atoms. The summed E-state index contributed by atoms with van der Waals surface area (Å²) < 4.78 is 0.624. The minimum Gasteiger partial charge on any atom is -0.351 e. The summed E-state index contributed by atoms with van der Waals surface area (Å²) in [6.07, 6.45) is 0. The number of carbonyl (C=O) groups is 1. The average Bonchev–Trinajstić information content (AvgIpc) is 2.19. The molecule has 3 N–H and O–H groups in total. The van der Waals surface area contributed by atoms with Crippen LogP contribution in [0.3, 0.4) is 0 Å². The largest absolute Gasteiger partial charge is 0.351 e. The lowest BCUT2D eigenvalue weighted by molar-refractivity contribution is 0.250. The molecule has 82 valence electrons. The van der Waals surface area contributed by atoms with Crippen molar-refractivity contribution in [3.8, 4) is 0 Å². The Kier molecular flexibility index (Phi) is 2.28. The first-order valence-corrected chi connectivity index (χ1v) is 4.63. The van der Waals surface area contributed by atoms with Crippen LogP contribution >= 0.6 is 11.6 Å². The number of benzene rings is 1. The second-order valence-corrected chi connectivity index (χ2v) is 3.48. The molecule has 0 unspecified atom stereocenters. The van der Waals surface area contributed by atoms with Crippen LogP contribution in [0.15, 0.2) is 27.8 Å². The molecule has 0 radical (unpaired) electrons. The highest BCUT2D eigenvalue weighted by atomic mass is 35.5. The van der Waals surface area contributed by atoms with Crippen molar-refractivity contribution in [3.63, 3.8) is 0 Å². The third-order valence-corrected chi connectivity index (χ3v) is 2.40. The maximum Gasteiger partial charge on any atom is 0.337 e. The highest BCUT2D eigenvalue weighted by molar-refractivity contribution is 6.35. The molecule has 0 saturated heterocycles. The Labute approximate surface area is 93.3 Å². The summed E-state index contributed by atoms with van der Waals surface area (Å²) in [5.41, 5.74) is 3.55. The number of fused-ring (bicyclic) bond motifs is 1. The standard InChI is InChI=1S/C9H6ClN3O3/c10-5-3-1-2-4-6(5)13(8(11)15)9(16)12-7(4)14/h1-3H,(H2,11,15)(H,12,14,16). The summed E-state index contributed by atoms with van der Waals surface area (Å²) in [4.78, 5) is 35.9. The highest BCUT2D eigenvalue weighted by Gasteiger charge is 2.13. The molecule has 6 nitrogen and oxygen atoms in total. The van der Waals surface area contributed by atoms with Gasteiger partial charge in [0, 0.05) is 0 Å². The second kappa shape index (κ2) is 3.49. The molecule has 2 rings (SSSR count). The van der Waals surface area contributed by atoms with Gasteiger partial charge in [-0.1, -0.05) is 17.7 Å². The van der Waals surface area contributed by atoms with Gasteiger partial charge in [0.2, 0.25) is 0 Å². The van der Waals surface area contributed by atoms with Crippen LogP contribution in [0.5, 0.6) is 0 Å². The van der Waals surface area contributed by atoms with Crippen LogP contribution in [0.25, 0.3) is 10.9 Å². The van der Waals surface area contributed by atoms with Crippen LogP contribution in [0.4, 0.5) is 4.79 Å². The molecule has 0 aliphatic carbocycles. The molecule has 7 heteroatoms. The minimum absolute atomic E-state index is 0.0189. The van der Waals surface area contributed by atoms with Crippen molar-refractivity contribution >= 4 is 28.5 Å². The number of para-hydroxylation sites is 1. The molecule has 0 fully saturated rings. The summed E-state index contributed by atoms with van der Waals surface area (Å²) in [6.45, 7) is 0. The fraction of sp³-hybridized carbons (Fsp3) is 0. The number of nitrogens with one attached hydrogen (secondary N) is 1. The number of H-pyrrole nitrogens is 1. The molecule has 16 heavy (non-hydrogen) atoms. The quantitative estimate of drug-likeness (QED) is 0.690. The van der Waals surface area contributed by atoms with E-state index in [0.29, 0.717) is 4.57 Å². The smallest absolute Gasteiger partial charge is 0.337 e. The van der Waals surface area contributed by atoms with Crippen LogP contribution in [-0.2, 0) is 0 Å². The van der Waals surface area contributed by atoms with Crippen LogP contribution in [0, 0.1) is 0 Å². The van der Waals surface area contributed by atoms with E-state index in [2.05, 4.69) is 0 Å². The molecule has 0 saturated carbocycles. The van der Waals surface area contributed by atoms with Crippen molar-refractivity contribution in [3.05, 3.63) is 44.1 Å². The third kappa shape index (κ3) is 1.40. The molecule has 0 atom stereocenters. The van der Waals surface area contributed by atoms with Crippen LogP contribution in [0.1, 0.15) is 0 Å². The van der Waals surface area contributed by atoms with Crippen molar-refractivity contribution in [2.75, 3.05) is 0 Å². The van der Waals surface area contributed by atoms with E-state index in [1.807, 2.05) is 4.98 Å². The number of hydrogen-bond acceptors (Lipinski definition) is 3. The lowest BCUT2D eigenvalue weighted by Crippen LogP contribution is -2.37. The molecule has 1 aromatic heterocycles. The van der Waals surface area contributed by atoms with Crippen LogP contribution < -0.4 is 17.0 Å². The molecule has 1 aromatic carbocycles. The second-order valence-electron chi connectivity index (χ2n) is 3.07. The summed E-state index contributed by atoms with van der Waals surface area (Å²) in [7, 11) is 0. The normalized spacial score (nSPS) is 10.6. The monoisotopic (exact) mass is 239 g/mol. The number of nitrogens with zero attached hydrogens (tertiary/aromatic N) is 1. The number of aromatic amines is 1. The van der Waals surface area contributed by atoms with Gasteiger partial charge in [-0.3, -0.25) is 9.78 Å². The zero-order valence-electron chi connectivity index (χ0n) is 7.86. The predicted octanol–water partition coefficient (Wildman–Crippen LogP) is 0.270. The summed E-state index contributed by atoms with van der Waals surface area (Å²) >= 11 is 5.83. The SMILES string of the molecule is NC(=O)n1c(=O)[nH]c(=O)c2cccc(Cl)c21.